The van der Waals surface area contributed by atoms with Gasteiger partial charge in [-0.2, -0.15) is 0 Å². The summed E-state index contributed by atoms with van der Waals surface area (Å²) in [6, 6.07) is 0. The Hall–Kier alpha value is -1.84. The highest BCUT2D eigenvalue weighted by Gasteiger charge is 2.45. The lowest BCUT2D eigenvalue weighted by Gasteiger charge is -2.15. The van der Waals surface area contributed by atoms with Gasteiger partial charge in [-0.25, -0.2) is 13.8 Å². The summed E-state index contributed by atoms with van der Waals surface area (Å²) >= 11 is 0. The van der Waals surface area contributed by atoms with E-state index in [9.17, 15) is 18.7 Å². The van der Waals surface area contributed by atoms with Crippen LogP contribution in [0.5, 0.6) is 0 Å². The first-order chi connectivity index (χ1) is 9.54. The molecule has 0 aliphatic carbocycles. The van der Waals surface area contributed by atoms with Gasteiger partial charge in [0.2, 0.25) is 0 Å². The highest BCUT2D eigenvalue weighted by atomic mass is 19.1. The van der Waals surface area contributed by atoms with Crippen LogP contribution in [0.15, 0.2) is 17.3 Å². The van der Waals surface area contributed by atoms with Gasteiger partial charge in [0.05, 0.1) is 12.9 Å². The third kappa shape index (κ3) is 1.74. The third-order valence-electron chi connectivity index (χ3n) is 3.32. The number of aliphatic hydroxyl groups excluding tert-OH is 2. The Morgan fingerprint density at radius 3 is 2.95 bits per heavy atom. The van der Waals surface area contributed by atoms with Crippen LogP contribution in [-0.2, 0) is 4.74 Å². The molecular weight excluding hydrogens is 276 g/mol. The highest BCUT2D eigenvalue weighted by Crippen LogP contribution is 2.34. The largest absolute Gasteiger partial charge is 0.394 e. The maximum absolute atomic E-state index is 14.0. The van der Waals surface area contributed by atoms with Gasteiger partial charge in [-0.15, -0.1) is 0 Å². The number of rotatable bonds is 2. The zero-order valence-electron chi connectivity index (χ0n) is 10.0. The van der Waals surface area contributed by atoms with Crippen LogP contribution < -0.4 is 5.56 Å². The standard InChI is InChI=1S/C11H11F2N3O4/c12-4-1-16(9-6(4)10(19)15-3-14-9)11-7(13)8(18)5(2-17)20-11/h1,3,5,7-8,11,17-18H,2H2,(H,14,15,19)/t5-,7?,8?,11-/m1/s1. The molecule has 2 aromatic rings. The van der Waals surface area contributed by atoms with E-state index in [1.54, 1.807) is 0 Å². The fourth-order valence-electron chi connectivity index (χ4n) is 2.32. The van der Waals surface area contributed by atoms with Crippen LogP contribution in [-0.4, -0.2) is 49.7 Å². The normalized spacial score (nSPS) is 30.2. The maximum Gasteiger partial charge on any atom is 0.263 e. The summed E-state index contributed by atoms with van der Waals surface area (Å²) < 4.78 is 33.9. The van der Waals surface area contributed by atoms with E-state index in [0.29, 0.717) is 0 Å². The SMILES string of the molecule is O=c1[nH]cnc2c1c(F)cn2[C@@H]1O[C@H](CO)C(O)C1F. The average molecular weight is 287 g/mol. The molecule has 0 bridgehead atoms. The van der Waals surface area contributed by atoms with Gasteiger partial charge in [0, 0.05) is 6.20 Å². The van der Waals surface area contributed by atoms with Crippen molar-refractivity contribution in [1.29, 1.82) is 0 Å². The smallest absolute Gasteiger partial charge is 0.263 e. The lowest BCUT2D eigenvalue weighted by atomic mass is 10.1. The van der Waals surface area contributed by atoms with Gasteiger partial charge in [0.25, 0.3) is 5.56 Å². The second-order valence-electron chi connectivity index (χ2n) is 4.50. The lowest BCUT2D eigenvalue weighted by Crippen LogP contribution is -2.30. The van der Waals surface area contributed by atoms with E-state index in [0.717, 1.165) is 17.1 Å². The Kier molecular flexibility index (Phi) is 3.04. The molecule has 1 aliphatic rings. The highest BCUT2D eigenvalue weighted by molar-refractivity contribution is 5.75. The molecule has 4 atom stereocenters. The minimum atomic E-state index is -1.87. The van der Waals surface area contributed by atoms with Crippen molar-refractivity contribution in [2.24, 2.45) is 0 Å². The average Bonchev–Trinajstić information content (AvgIpc) is 2.90. The van der Waals surface area contributed by atoms with Crippen molar-refractivity contribution in [2.75, 3.05) is 6.61 Å². The summed E-state index contributed by atoms with van der Waals surface area (Å²) in [5.41, 5.74) is -0.788. The van der Waals surface area contributed by atoms with Crippen LogP contribution in [0, 0.1) is 5.82 Å². The summed E-state index contributed by atoms with van der Waals surface area (Å²) in [6.07, 6.45) is -3.93. The van der Waals surface area contributed by atoms with Crippen LogP contribution >= 0.6 is 0 Å². The summed E-state index contributed by atoms with van der Waals surface area (Å²) in [4.78, 5) is 17.5. The predicted octanol–water partition coefficient (Wildman–Crippen LogP) is -0.548. The van der Waals surface area contributed by atoms with E-state index in [2.05, 4.69) is 9.97 Å². The Morgan fingerprint density at radius 1 is 1.55 bits per heavy atom. The molecule has 3 heterocycles. The van der Waals surface area contributed by atoms with E-state index in [1.165, 1.54) is 0 Å². The van der Waals surface area contributed by atoms with Crippen molar-refractivity contribution in [3.8, 4) is 0 Å². The summed E-state index contributed by atoms with van der Waals surface area (Å²) in [7, 11) is 0. The molecule has 7 nitrogen and oxygen atoms in total. The molecule has 1 aliphatic heterocycles. The van der Waals surface area contributed by atoms with Crippen LogP contribution in [0.2, 0.25) is 0 Å². The molecule has 2 aromatic heterocycles. The van der Waals surface area contributed by atoms with Crippen LogP contribution in [0.3, 0.4) is 0 Å². The molecule has 0 amide bonds. The van der Waals surface area contributed by atoms with Crippen LogP contribution in [0.4, 0.5) is 8.78 Å². The number of H-pyrrole nitrogens is 1. The molecule has 0 aromatic carbocycles. The molecular formula is C11H11F2N3O4. The molecule has 3 N–H and O–H groups in total. The van der Waals surface area contributed by atoms with E-state index in [1.807, 2.05) is 0 Å². The Morgan fingerprint density at radius 2 is 2.30 bits per heavy atom. The molecule has 9 heteroatoms. The minimum Gasteiger partial charge on any atom is -0.394 e. The number of fused-ring (bicyclic) bond motifs is 1. The lowest BCUT2D eigenvalue weighted by molar-refractivity contribution is -0.0459. The van der Waals surface area contributed by atoms with Gasteiger partial charge in [-0.1, -0.05) is 0 Å². The third-order valence-corrected chi connectivity index (χ3v) is 3.32. The van der Waals surface area contributed by atoms with Crippen LogP contribution in [0.25, 0.3) is 11.0 Å². The van der Waals surface area contributed by atoms with Gasteiger partial charge >= 0.3 is 0 Å². The Balaban J connectivity index is 2.12. The quantitative estimate of drug-likeness (QED) is 0.688. The van der Waals surface area contributed by atoms with Crippen molar-refractivity contribution < 1.29 is 23.7 Å². The van der Waals surface area contributed by atoms with Gasteiger partial charge < -0.3 is 19.9 Å². The summed E-state index contributed by atoms with van der Waals surface area (Å²) in [5.74, 6) is -0.868. The number of nitrogens with zero attached hydrogens (tertiary/aromatic N) is 2. The van der Waals surface area contributed by atoms with E-state index < -0.39 is 42.6 Å². The summed E-state index contributed by atoms with van der Waals surface area (Å²) in [5, 5.41) is 18.2. The molecule has 0 saturated carbocycles. The maximum atomic E-state index is 14.0. The Labute approximate surface area is 110 Å². The second kappa shape index (κ2) is 4.62. The number of halogens is 2. The second-order valence-corrected chi connectivity index (χ2v) is 4.50. The number of ether oxygens (including phenoxy) is 1. The van der Waals surface area contributed by atoms with Crippen molar-refractivity contribution in [3.05, 3.63) is 28.7 Å². The Bertz CT molecular complexity index is 701. The summed E-state index contributed by atoms with van der Waals surface area (Å²) in [6.45, 7) is -0.576. The topological polar surface area (TPSA) is 100 Å². The molecule has 1 saturated heterocycles. The number of aromatic amines is 1. The molecule has 0 radical (unpaired) electrons. The van der Waals surface area contributed by atoms with Crippen molar-refractivity contribution in [2.45, 2.75) is 24.6 Å². The number of alkyl halides is 1. The first-order valence-corrected chi connectivity index (χ1v) is 5.86. The van der Waals surface area contributed by atoms with E-state index in [4.69, 9.17) is 9.84 Å². The van der Waals surface area contributed by atoms with Gasteiger partial charge in [0.15, 0.2) is 23.9 Å². The van der Waals surface area contributed by atoms with Gasteiger partial charge in [-0.05, 0) is 0 Å². The molecule has 0 spiro atoms. The molecule has 3 rings (SSSR count). The minimum absolute atomic E-state index is 0.0929. The van der Waals surface area contributed by atoms with E-state index >= 15 is 0 Å². The number of hydrogen-bond acceptors (Lipinski definition) is 5. The zero-order valence-corrected chi connectivity index (χ0v) is 10.0. The zero-order chi connectivity index (χ0) is 14.4. The molecule has 1 fully saturated rings. The van der Waals surface area contributed by atoms with Gasteiger partial charge in [0.1, 0.15) is 17.6 Å². The number of aromatic nitrogens is 3. The van der Waals surface area contributed by atoms with Crippen molar-refractivity contribution in [1.82, 2.24) is 14.5 Å². The van der Waals surface area contributed by atoms with Gasteiger partial charge in [-0.3, -0.25) is 9.36 Å². The fourth-order valence-corrected chi connectivity index (χ4v) is 2.32. The molecule has 108 valence electrons. The van der Waals surface area contributed by atoms with Crippen LogP contribution in [0.1, 0.15) is 6.23 Å². The first kappa shape index (κ1) is 13.2. The number of nitrogens with one attached hydrogen (secondary N) is 1. The first-order valence-electron chi connectivity index (χ1n) is 5.86. The molecule has 2 unspecified atom stereocenters. The monoisotopic (exact) mass is 287 g/mol. The van der Waals surface area contributed by atoms with E-state index in [-0.39, 0.29) is 11.0 Å². The molecule has 20 heavy (non-hydrogen) atoms. The number of hydrogen-bond donors (Lipinski definition) is 3. The van der Waals surface area contributed by atoms with Crippen molar-refractivity contribution >= 4 is 11.0 Å². The van der Waals surface area contributed by atoms with Crippen molar-refractivity contribution in [3.63, 3.8) is 0 Å². The number of aliphatic hydroxyl groups is 2. The fraction of sp³-hybridized carbons (Fsp3) is 0.455. The predicted molar refractivity (Wildman–Crippen MR) is 62.2 cm³/mol.